The van der Waals surface area contributed by atoms with Gasteiger partial charge in [0.2, 0.25) is 0 Å². The molecule has 1 aromatic carbocycles. The third kappa shape index (κ3) is 1.90. The van der Waals surface area contributed by atoms with Gasteiger partial charge in [-0.3, -0.25) is 0 Å². The summed E-state index contributed by atoms with van der Waals surface area (Å²) in [7, 11) is 1.70. The lowest BCUT2D eigenvalue weighted by Gasteiger charge is -2.62. The molecule has 1 aromatic rings. The van der Waals surface area contributed by atoms with Crippen LogP contribution in [0, 0.1) is 51.8 Å². The monoisotopic (exact) mass is 434 g/mol. The Balaban J connectivity index is 1.35. The summed E-state index contributed by atoms with van der Waals surface area (Å²) in [6.07, 6.45) is 10.4. The van der Waals surface area contributed by atoms with E-state index in [0.717, 1.165) is 24.2 Å². The predicted molar refractivity (Wildman–Crippen MR) is 124 cm³/mol. The Morgan fingerprint density at radius 2 is 1.84 bits per heavy atom. The first-order valence-corrected chi connectivity index (χ1v) is 13.0. The second kappa shape index (κ2) is 6.02. The van der Waals surface area contributed by atoms with Gasteiger partial charge in [-0.25, -0.2) is 0 Å². The molecule has 5 saturated carbocycles. The van der Waals surface area contributed by atoms with Crippen molar-refractivity contribution in [3.05, 3.63) is 47.7 Å². The average Bonchev–Trinajstić information content (AvgIpc) is 3.39. The fourth-order valence-corrected chi connectivity index (χ4v) is 11.6. The highest BCUT2D eigenvalue weighted by Crippen LogP contribution is 2.88. The minimum atomic E-state index is -0.976. The molecule has 3 heteroatoms. The Morgan fingerprint density at radius 1 is 1.06 bits per heavy atom. The summed E-state index contributed by atoms with van der Waals surface area (Å²) < 4.78 is 5.84. The summed E-state index contributed by atoms with van der Waals surface area (Å²) in [4.78, 5) is 0. The topological polar surface area (TPSA) is 49.7 Å². The van der Waals surface area contributed by atoms with E-state index in [1.54, 1.807) is 7.11 Å². The standard InChI is InChI=1S/C29H38O3/c1-26-16-21-19-9-10-20-12-18(11-17-7-5-4-6-8-17)14-28(20,15-19)27(26,2)24(21)25-22(30)13-23(32-3)29(25,26)31/h4-8,13,18-21,23-25,30-31H,9-12,14-16H2,1-3H3/t18-,19+,20-,21-,23-,24+,25+,26+,27+,28+,29-/m1/s1. The zero-order valence-corrected chi connectivity index (χ0v) is 19.8. The predicted octanol–water partition coefficient (Wildman–Crippen LogP) is 5.54. The van der Waals surface area contributed by atoms with E-state index in [-0.39, 0.29) is 16.7 Å². The van der Waals surface area contributed by atoms with Gasteiger partial charge in [0, 0.05) is 12.5 Å². The Hall–Kier alpha value is -1.32. The molecule has 32 heavy (non-hydrogen) atoms. The molecule has 0 radical (unpaired) electrons. The van der Waals surface area contributed by atoms with Crippen LogP contribution >= 0.6 is 0 Å². The van der Waals surface area contributed by atoms with Gasteiger partial charge >= 0.3 is 0 Å². The van der Waals surface area contributed by atoms with Crippen molar-refractivity contribution in [1.29, 1.82) is 0 Å². The average molecular weight is 435 g/mol. The lowest BCUT2D eigenvalue weighted by molar-refractivity contribution is -0.187. The number of fused-ring (bicyclic) bond motifs is 4. The van der Waals surface area contributed by atoms with Crippen molar-refractivity contribution in [3.63, 3.8) is 0 Å². The Bertz CT molecular complexity index is 987. The highest BCUT2D eigenvalue weighted by atomic mass is 16.5. The molecule has 6 aliphatic carbocycles. The first-order valence-electron chi connectivity index (χ1n) is 13.0. The molecular formula is C29H38O3. The number of aliphatic hydroxyl groups is 2. The van der Waals surface area contributed by atoms with Crippen LogP contribution in [-0.4, -0.2) is 29.0 Å². The molecular weight excluding hydrogens is 396 g/mol. The van der Waals surface area contributed by atoms with E-state index in [1.165, 1.54) is 44.1 Å². The first kappa shape index (κ1) is 20.1. The van der Waals surface area contributed by atoms with Crippen molar-refractivity contribution in [2.45, 2.75) is 70.5 Å². The molecule has 7 rings (SSSR count). The minimum absolute atomic E-state index is 0.0517. The molecule has 0 saturated heterocycles. The van der Waals surface area contributed by atoms with Gasteiger partial charge in [0.1, 0.15) is 11.7 Å². The number of aliphatic hydroxyl groups excluding tert-OH is 1. The molecule has 1 spiro atoms. The van der Waals surface area contributed by atoms with Gasteiger partial charge in [0.15, 0.2) is 0 Å². The second-order valence-electron chi connectivity index (χ2n) is 12.9. The van der Waals surface area contributed by atoms with E-state index in [4.69, 9.17) is 4.74 Å². The second-order valence-corrected chi connectivity index (χ2v) is 12.9. The van der Waals surface area contributed by atoms with Crippen molar-refractivity contribution in [2.75, 3.05) is 7.11 Å². The zero-order valence-electron chi connectivity index (χ0n) is 19.8. The van der Waals surface area contributed by atoms with Gasteiger partial charge in [-0.1, -0.05) is 44.2 Å². The smallest absolute Gasteiger partial charge is 0.110 e. The molecule has 0 heterocycles. The van der Waals surface area contributed by atoms with Gasteiger partial charge in [-0.2, -0.15) is 0 Å². The molecule has 6 aliphatic rings. The molecule has 3 nitrogen and oxygen atoms in total. The van der Waals surface area contributed by atoms with E-state index in [0.29, 0.717) is 23.0 Å². The summed E-state index contributed by atoms with van der Waals surface area (Å²) >= 11 is 0. The van der Waals surface area contributed by atoms with Gasteiger partial charge in [0.05, 0.1) is 11.7 Å². The maximum Gasteiger partial charge on any atom is 0.110 e. The summed E-state index contributed by atoms with van der Waals surface area (Å²) in [5, 5.41) is 23.6. The van der Waals surface area contributed by atoms with Gasteiger partial charge in [-0.05, 0) is 97.0 Å². The number of ether oxygens (including phenoxy) is 1. The quantitative estimate of drug-likeness (QED) is 0.657. The van der Waals surface area contributed by atoms with Crippen LogP contribution in [0.4, 0.5) is 0 Å². The van der Waals surface area contributed by atoms with E-state index in [9.17, 15) is 10.2 Å². The van der Waals surface area contributed by atoms with Gasteiger partial charge < -0.3 is 14.9 Å². The molecule has 172 valence electrons. The van der Waals surface area contributed by atoms with E-state index < -0.39 is 11.7 Å². The number of methoxy groups -OCH3 is 1. The van der Waals surface area contributed by atoms with Crippen LogP contribution in [-0.2, 0) is 11.2 Å². The molecule has 0 unspecified atom stereocenters. The summed E-state index contributed by atoms with van der Waals surface area (Å²) in [6.45, 7) is 4.93. The summed E-state index contributed by atoms with van der Waals surface area (Å²) in [6, 6.07) is 11.0. The van der Waals surface area contributed by atoms with E-state index >= 15 is 0 Å². The molecule has 0 aliphatic heterocycles. The lowest BCUT2D eigenvalue weighted by atomic mass is 9.42. The normalized spacial score (nSPS) is 56.8. The Kier molecular flexibility index (Phi) is 3.78. The van der Waals surface area contributed by atoms with Crippen molar-refractivity contribution in [3.8, 4) is 0 Å². The van der Waals surface area contributed by atoms with Crippen molar-refractivity contribution in [1.82, 2.24) is 0 Å². The molecule has 5 fully saturated rings. The molecule has 2 N–H and O–H groups in total. The maximum absolute atomic E-state index is 12.4. The first-order chi connectivity index (χ1) is 15.3. The number of hydrogen-bond donors (Lipinski definition) is 2. The van der Waals surface area contributed by atoms with Crippen LogP contribution in [0.2, 0.25) is 0 Å². The summed E-state index contributed by atoms with van der Waals surface area (Å²) in [5.41, 5.74) is 0.617. The van der Waals surface area contributed by atoms with Gasteiger partial charge in [0.25, 0.3) is 0 Å². The summed E-state index contributed by atoms with van der Waals surface area (Å²) in [5.74, 6) is 3.54. The zero-order chi connectivity index (χ0) is 22.1. The van der Waals surface area contributed by atoms with Crippen molar-refractivity contribution in [2.24, 2.45) is 51.8 Å². The van der Waals surface area contributed by atoms with Crippen LogP contribution in [0.5, 0.6) is 0 Å². The highest BCUT2D eigenvalue weighted by molar-refractivity contribution is 5.42. The van der Waals surface area contributed by atoms with Crippen LogP contribution in [0.1, 0.15) is 57.9 Å². The Morgan fingerprint density at radius 3 is 2.59 bits per heavy atom. The SMILES string of the molecule is CO[C@@H]1C=C(O)[C@H]2[C@@H]3[C@@H]4C[C@](C)([C@@]12O)[C@@]3(C)[C@]12C[C@H](Cc3ccccc3)C[C@H]1CC[C@H]4C2. The molecule has 0 aromatic heterocycles. The van der Waals surface area contributed by atoms with Crippen LogP contribution in [0.25, 0.3) is 0 Å². The molecule has 0 amide bonds. The largest absolute Gasteiger partial charge is 0.512 e. The fourth-order valence-electron chi connectivity index (χ4n) is 11.6. The van der Waals surface area contributed by atoms with Crippen molar-refractivity contribution >= 4 is 0 Å². The number of benzene rings is 1. The van der Waals surface area contributed by atoms with E-state index in [1.807, 2.05) is 6.08 Å². The van der Waals surface area contributed by atoms with Crippen LogP contribution in [0.15, 0.2) is 42.2 Å². The third-order valence-corrected chi connectivity index (χ3v) is 12.5. The fraction of sp³-hybridized carbons (Fsp3) is 0.724. The third-order valence-electron chi connectivity index (χ3n) is 12.5. The minimum Gasteiger partial charge on any atom is -0.512 e. The maximum atomic E-state index is 12.4. The number of hydrogen-bond acceptors (Lipinski definition) is 3. The van der Waals surface area contributed by atoms with Crippen LogP contribution < -0.4 is 0 Å². The lowest BCUT2D eigenvalue weighted by Crippen LogP contribution is -2.60. The molecule has 11 atom stereocenters. The van der Waals surface area contributed by atoms with Crippen molar-refractivity contribution < 1.29 is 14.9 Å². The highest BCUT2D eigenvalue weighted by Gasteiger charge is 2.88. The molecule has 6 bridgehead atoms. The Labute approximate surface area is 192 Å². The van der Waals surface area contributed by atoms with E-state index in [2.05, 4.69) is 44.2 Å². The van der Waals surface area contributed by atoms with Gasteiger partial charge in [-0.15, -0.1) is 0 Å². The number of rotatable bonds is 3. The van der Waals surface area contributed by atoms with Crippen LogP contribution in [0.3, 0.4) is 0 Å².